The predicted octanol–water partition coefficient (Wildman–Crippen LogP) is 14.4. The van der Waals surface area contributed by atoms with Crippen LogP contribution in [-0.2, 0) is 0 Å². The summed E-state index contributed by atoms with van der Waals surface area (Å²) in [4.78, 5) is 13.0. The summed E-state index contributed by atoms with van der Waals surface area (Å²) in [6.45, 7) is 0. The molecule has 0 spiro atoms. The van der Waals surface area contributed by atoms with Gasteiger partial charge in [0.15, 0.2) is 0 Å². The highest BCUT2D eigenvalue weighted by Crippen LogP contribution is 2.41. The number of pyridine rings is 1. The van der Waals surface area contributed by atoms with Crippen molar-refractivity contribution in [3.05, 3.63) is 218 Å². The number of hydrogen-bond donors (Lipinski definition) is 0. The lowest BCUT2D eigenvalue weighted by Crippen LogP contribution is -2.09. The van der Waals surface area contributed by atoms with Crippen LogP contribution in [0.3, 0.4) is 0 Å². The number of benzene rings is 9. The highest BCUT2D eigenvalue weighted by Gasteiger charge is 2.19. The lowest BCUT2D eigenvalue weighted by molar-refractivity contribution is 1.10. The molecule has 9 aromatic carbocycles. The van der Waals surface area contributed by atoms with E-state index in [0.717, 1.165) is 72.7 Å². The number of imidazole rings is 1. The summed E-state index contributed by atoms with van der Waals surface area (Å²) < 4.78 is 2.25. The second-order valence-corrected chi connectivity index (χ2v) is 14.6. The first-order valence-electron chi connectivity index (χ1n) is 19.7. The number of rotatable bonds is 7. The molecule has 0 amide bonds. The Morgan fingerprint density at radius 1 is 0.362 bits per heavy atom. The first-order valence-corrected chi connectivity index (χ1v) is 19.7. The summed E-state index contributed by atoms with van der Waals surface area (Å²) in [5.41, 5.74) is 12.7. The first kappa shape index (κ1) is 33.5. The Morgan fingerprint density at radius 2 is 0.931 bits per heavy atom. The van der Waals surface area contributed by atoms with Crippen LogP contribution < -0.4 is 4.90 Å². The molecule has 0 unspecified atom stereocenters. The average molecular weight is 741 g/mol. The molecule has 4 nitrogen and oxygen atoms in total. The van der Waals surface area contributed by atoms with Gasteiger partial charge in [0.25, 0.3) is 0 Å². The minimum Gasteiger partial charge on any atom is -0.311 e. The molecule has 0 bridgehead atoms. The maximum absolute atomic E-state index is 5.50. The summed E-state index contributed by atoms with van der Waals surface area (Å²) in [6, 6.07) is 77.3. The van der Waals surface area contributed by atoms with Crippen molar-refractivity contribution in [2.45, 2.75) is 0 Å². The molecule has 2 heterocycles. The van der Waals surface area contributed by atoms with Crippen LogP contribution in [0.25, 0.3) is 82.9 Å². The summed E-state index contributed by atoms with van der Waals surface area (Å²) >= 11 is 0. The Morgan fingerprint density at radius 3 is 1.69 bits per heavy atom. The number of aromatic nitrogens is 3. The van der Waals surface area contributed by atoms with Crippen molar-refractivity contribution in [1.29, 1.82) is 0 Å². The number of para-hydroxylation sites is 4. The van der Waals surface area contributed by atoms with Gasteiger partial charge in [-0.1, -0.05) is 152 Å². The summed E-state index contributed by atoms with van der Waals surface area (Å²) in [5, 5.41) is 5.86. The molecule has 0 fully saturated rings. The minimum atomic E-state index is 0.887. The minimum absolute atomic E-state index is 0.887. The van der Waals surface area contributed by atoms with Gasteiger partial charge in [0.2, 0.25) is 0 Å². The molecule has 11 rings (SSSR count). The Hall–Kier alpha value is -7.82. The molecule has 0 radical (unpaired) electrons. The molecule has 0 N–H and O–H groups in total. The van der Waals surface area contributed by atoms with E-state index in [2.05, 4.69) is 216 Å². The van der Waals surface area contributed by atoms with E-state index in [-0.39, 0.29) is 0 Å². The second kappa shape index (κ2) is 14.0. The van der Waals surface area contributed by atoms with E-state index in [0.29, 0.717) is 0 Å². The molecule has 58 heavy (non-hydrogen) atoms. The third-order valence-corrected chi connectivity index (χ3v) is 11.2. The number of hydrogen-bond acceptors (Lipinski definition) is 3. The lowest BCUT2D eigenvalue weighted by atomic mass is 9.94. The van der Waals surface area contributed by atoms with E-state index in [1.165, 1.54) is 27.3 Å². The molecule has 0 aliphatic heterocycles. The van der Waals surface area contributed by atoms with Crippen LogP contribution in [0.4, 0.5) is 17.1 Å². The Bertz CT molecular complexity index is 3250. The second-order valence-electron chi connectivity index (χ2n) is 14.6. The molecule has 0 saturated carbocycles. The highest BCUT2D eigenvalue weighted by atomic mass is 15.1. The number of nitrogens with zero attached hydrogens (tertiary/aromatic N) is 4. The zero-order chi connectivity index (χ0) is 38.4. The standard InChI is InChI=1S/C54H36N4/c1-4-14-37(15-5-1)38-24-30-44(31-25-38)57(42-17-6-2-7-18-42)45-32-26-40(27-33-45)53-48-35-28-39-16-10-11-21-46(39)52(48)47-34-29-41(36-50(47)55-53)54-56-49-22-12-13-23-51(49)58(54)43-19-8-3-9-20-43/h1-36H. The fourth-order valence-electron chi connectivity index (χ4n) is 8.42. The number of anilines is 3. The van der Waals surface area contributed by atoms with E-state index in [1.807, 2.05) is 12.1 Å². The maximum atomic E-state index is 5.50. The third kappa shape index (κ3) is 5.78. The van der Waals surface area contributed by atoms with Crippen molar-refractivity contribution in [2.75, 3.05) is 4.90 Å². The van der Waals surface area contributed by atoms with Crippen LogP contribution in [0, 0.1) is 0 Å². The van der Waals surface area contributed by atoms with Crippen molar-refractivity contribution in [2.24, 2.45) is 0 Å². The zero-order valence-electron chi connectivity index (χ0n) is 31.6. The van der Waals surface area contributed by atoms with E-state index in [4.69, 9.17) is 9.97 Å². The largest absolute Gasteiger partial charge is 0.311 e. The molecule has 0 saturated heterocycles. The Balaban J connectivity index is 1.07. The van der Waals surface area contributed by atoms with E-state index < -0.39 is 0 Å². The van der Waals surface area contributed by atoms with E-state index in [1.54, 1.807) is 0 Å². The quantitative estimate of drug-likeness (QED) is 0.153. The van der Waals surface area contributed by atoms with Gasteiger partial charge < -0.3 is 4.90 Å². The van der Waals surface area contributed by atoms with Crippen LogP contribution in [-0.4, -0.2) is 14.5 Å². The molecule has 11 aromatic rings. The molecular formula is C54H36N4. The molecular weight excluding hydrogens is 705 g/mol. The molecule has 4 heteroatoms. The van der Waals surface area contributed by atoms with Gasteiger partial charge >= 0.3 is 0 Å². The molecule has 272 valence electrons. The van der Waals surface area contributed by atoms with Gasteiger partial charge in [0.05, 0.1) is 22.2 Å². The molecule has 0 atom stereocenters. The van der Waals surface area contributed by atoms with Gasteiger partial charge in [-0.3, -0.25) is 4.57 Å². The van der Waals surface area contributed by atoms with Crippen LogP contribution in [0.5, 0.6) is 0 Å². The van der Waals surface area contributed by atoms with Gasteiger partial charge in [-0.2, -0.15) is 0 Å². The van der Waals surface area contributed by atoms with Gasteiger partial charge in [-0.15, -0.1) is 0 Å². The SMILES string of the molecule is c1ccc(-c2ccc(N(c3ccccc3)c3ccc(-c4nc5cc(-c6nc7ccccc7n6-c6ccccc6)ccc5c5c4ccc4ccccc45)cc3)cc2)cc1. The topological polar surface area (TPSA) is 34.0 Å². The maximum Gasteiger partial charge on any atom is 0.145 e. The smallest absolute Gasteiger partial charge is 0.145 e. The van der Waals surface area contributed by atoms with Gasteiger partial charge in [0, 0.05) is 50.0 Å². The normalized spacial score (nSPS) is 11.4. The van der Waals surface area contributed by atoms with Crippen LogP contribution in [0.1, 0.15) is 0 Å². The summed E-state index contributed by atoms with van der Waals surface area (Å²) in [7, 11) is 0. The Kier molecular flexibility index (Phi) is 8.11. The first-order chi connectivity index (χ1) is 28.8. The van der Waals surface area contributed by atoms with Gasteiger partial charge in [0.1, 0.15) is 5.82 Å². The van der Waals surface area contributed by atoms with Crippen LogP contribution in [0.15, 0.2) is 218 Å². The fourth-order valence-corrected chi connectivity index (χ4v) is 8.42. The lowest BCUT2D eigenvalue weighted by Gasteiger charge is -2.26. The highest BCUT2D eigenvalue weighted by molar-refractivity contribution is 6.22. The fraction of sp³-hybridized carbons (Fsp3) is 0. The van der Waals surface area contributed by atoms with Crippen LogP contribution in [0.2, 0.25) is 0 Å². The molecule has 0 aliphatic rings. The van der Waals surface area contributed by atoms with Crippen molar-refractivity contribution in [3.8, 4) is 39.5 Å². The summed E-state index contributed by atoms with van der Waals surface area (Å²) in [5.74, 6) is 0.887. The monoisotopic (exact) mass is 740 g/mol. The predicted molar refractivity (Wildman–Crippen MR) is 242 cm³/mol. The van der Waals surface area contributed by atoms with Crippen molar-refractivity contribution < 1.29 is 0 Å². The number of fused-ring (bicyclic) bond motifs is 6. The molecule has 0 aliphatic carbocycles. The van der Waals surface area contributed by atoms with Crippen LogP contribution >= 0.6 is 0 Å². The van der Waals surface area contributed by atoms with Crippen molar-refractivity contribution in [1.82, 2.24) is 14.5 Å². The van der Waals surface area contributed by atoms with E-state index >= 15 is 0 Å². The molecule has 2 aromatic heterocycles. The van der Waals surface area contributed by atoms with Crippen molar-refractivity contribution in [3.63, 3.8) is 0 Å². The zero-order valence-corrected chi connectivity index (χ0v) is 31.6. The van der Waals surface area contributed by atoms with Gasteiger partial charge in [-0.25, -0.2) is 9.97 Å². The van der Waals surface area contributed by atoms with Gasteiger partial charge in [-0.05, 0) is 88.6 Å². The Labute approximate surface area is 336 Å². The third-order valence-electron chi connectivity index (χ3n) is 11.2. The summed E-state index contributed by atoms with van der Waals surface area (Å²) in [6.07, 6.45) is 0. The van der Waals surface area contributed by atoms with Crippen molar-refractivity contribution >= 4 is 60.5 Å². The van der Waals surface area contributed by atoms with E-state index in [9.17, 15) is 0 Å². The average Bonchev–Trinajstić information content (AvgIpc) is 3.70.